The topological polar surface area (TPSA) is 211 Å². The van der Waals surface area contributed by atoms with Gasteiger partial charge in [0.1, 0.15) is 17.5 Å². The molecule has 6 aromatic rings. The summed E-state index contributed by atoms with van der Waals surface area (Å²) in [6, 6.07) is 25.1. The lowest BCUT2D eigenvalue weighted by molar-refractivity contribution is -0.645. The number of carboxylic acid groups (broad SMARTS) is 1. The van der Waals surface area contributed by atoms with Crippen molar-refractivity contribution in [2.45, 2.75) is 50.1 Å². The number of nitrogens with zero attached hydrogens (tertiary/aromatic N) is 2. The number of nitrogens with one attached hydrogen (secondary N) is 1. The van der Waals surface area contributed by atoms with Crippen molar-refractivity contribution in [3.8, 4) is 17.2 Å². The Labute approximate surface area is 418 Å². The molecule has 0 aliphatic carbocycles. The van der Waals surface area contributed by atoms with Crippen molar-refractivity contribution in [2.24, 2.45) is 0 Å². The largest absolute Gasteiger partial charge is 0.748 e. The molecule has 2 amide bonds. The van der Waals surface area contributed by atoms with Crippen LogP contribution in [0.15, 0.2) is 102 Å². The molecule has 0 aliphatic rings. The van der Waals surface area contributed by atoms with Gasteiger partial charge in [0.25, 0.3) is 15.9 Å². The fourth-order valence-corrected chi connectivity index (χ4v) is 12.6. The van der Waals surface area contributed by atoms with Crippen molar-refractivity contribution in [2.75, 3.05) is 12.3 Å². The summed E-state index contributed by atoms with van der Waals surface area (Å²) in [5.74, 6) is -2.21. The molecule has 0 saturated carbocycles. The number of aryl methyl sites for hydroxylation is 2. The van der Waals surface area contributed by atoms with Crippen LogP contribution >= 0.6 is 90.4 Å². The van der Waals surface area contributed by atoms with Crippen LogP contribution in [-0.2, 0) is 42.7 Å². The molecule has 14 nitrogen and oxygen atoms in total. The zero-order valence-corrected chi connectivity index (χ0v) is 43.3. The number of fused-ring (bicyclic) bond motifs is 2. The van der Waals surface area contributed by atoms with Crippen LogP contribution in [0.5, 0.6) is 17.2 Å². The van der Waals surface area contributed by atoms with E-state index in [-0.39, 0.29) is 48.4 Å². The number of hydrogen-bond donors (Lipinski definition) is 3. The summed E-state index contributed by atoms with van der Waals surface area (Å²) in [6.07, 6.45) is -0.548. The molecule has 1 aromatic heterocycles. The molecule has 0 spiro atoms. The Hall–Kier alpha value is -3.44. The Morgan fingerprint density at radius 1 is 0.810 bits per heavy atom. The van der Waals surface area contributed by atoms with Gasteiger partial charge in [-0.15, -0.1) is 0 Å². The van der Waals surface area contributed by atoms with Crippen molar-refractivity contribution in [3.05, 3.63) is 128 Å². The van der Waals surface area contributed by atoms with E-state index in [0.29, 0.717) is 53.1 Å². The first-order chi connectivity index (χ1) is 29.7. The van der Waals surface area contributed by atoms with Crippen LogP contribution in [0.3, 0.4) is 0 Å². The average molecular weight is 1340 g/mol. The quantitative estimate of drug-likeness (QED) is 0.0346. The van der Waals surface area contributed by atoms with Crippen molar-refractivity contribution in [1.82, 2.24) is 9.62 Å². The highest BCUT2D eigenvalue weighted by Crippen LogP contribution is 2.37. The Kier molecular flexibility index (Phi) is 16.2. The highest BCUT2D eigenvalue weighted by molar-refractivity contribution is 14.1. The van der Waals surface area contributed by atoms with Crippen LogP contribution in [-0.4, -0.2) is 72.0 Å². The first-order valence-corrected chi connectivity index (χ1v) is 26.3. The molecule has 3 N–H and O–H groups in total. The van der Waals surface area contributed by atoms with Gasteiger partial charge in [0.15, 0.2) is 12.3 Å². The van der Waals surface area contributed by atoms with Crippen molar-refractivity contribution in [1.29, 1.82) is 0 Å². The van der Waals surface area contributed by atoms with E-state index >= 15 is 0 Å². The number of ether oxygens (including phenoxy) is 1. The van der Waals surface area contributed by atoms with Gasteiger partial charge in [-0.3, -0.25) is 9.59 Å². The van der Waals surface area contributed by atoms with Crippen molar-refractivity contribution in [3.63, 3.8) is 0 Å². The predicted octanol–water partition coefficient (Wildman–Crippen LogP) is 7.86. The number of phenols is 1. The normalized spacial score (nSPS) is 12.3. The van der Waals surface area contributed by atoms with Crippen LogP contribution in [0.2, 0.25) is 0 Å². The standard InChI is InChI=1S/C43H37I4N3O11S2/c1-25-13-15-28(16-14-25)63(59,60)50(42(53)39-29-8-2-4-10-36(29)49(17-7-19-62(56,57)58)37-11-5-3-9-30(37)39)18-6-12-38(51)48-35(43(54)55)22-26-20-33(46)41(34(47)21-26)61-27-23-31(44)40(52)32(45)24-27/h2-5,8-11,13-16,20-21,23-24,35H,6-7,12,17-19,22H2,1H3,(H3-,48,51,52,54,55,56,57,58). The molecular weight excluding hydrogens is 1310 g/mol. The zero-order chi connectivity index (χ0) is 45.8. The molecule has 330 valence electrons. The van der Waals surface area contributed by atoms with Gasteiger partial charge in [-0.25, -0.2) is 25.9 Å². The van der Waals surface area contributed by atoms with Crippen molar-refractivity contribution < 1.29 is 55.3 Å². The molecular formula is C43H37I4N3O11S2. The number of halogens is 4. The van der Waals surface area contributed by atoms with Gasteiger partial charge in [0.2, 0.25) is 16.9 Å². The summed E-state index contributed by atoms with van der Waals surface area (Å²) in [6.45, 7) is 1.47. The molecule has 5 aromatic carbocycles. The fraction of sp³-hybridized carbons (Fsp3) is 0.209. The van der Waals surface area contributed by atoms with Crippen LogP contribution in [0.4, 0.5) is 0 Å². The smallest absolute Gasteiger partial charge is 0.326 e. The number of amides is 2. The number of rotatable bonds is 17. The second-order valence-electron chi connectivity index (χ2n) is 14.4. The number of aromatic hydroxyl groups is 1. The lowest BCUT2D eigenvalue weighted by Crippen LogP contribution is -2.43. The van der Waals surface area contributed by atoms with Gasteiger partial charge >= 0.3 is 5.97 Å². The van der Waals surface area contributed by atoms with E-state index in [9.17, 15) is 46.0 Å². The molecule has 1 heterocycles. The SMILES string of the molecule is Cc1ccc(S(=O)(=O)N(CCCC(=O)NC(Cc2cc(I)c(Oc3cc(I)c(O)c(I)c3)c(I)c2)C(=O)O)C(=O)c2c3ccccc3[n+](CCCS(=O)(=O)[O-])c3ccccc23)cc1. The maximum atomic E-state index is 14.9. The average Bonchev–Trinajstić information content (AvgIpc) is 3.21. The molecule has 0 radical (unpaired) electrons. The summed E-state index contributed by atoms with van der Waals surface area (Å²) in [7, 11) is -9.03. The number of benzene rings is 5. The lowest BCUT2D eigenvalue weighted by atomic mass is 10.0. The van der Waals surface area contributed by atoms with Crippen LogP contribution in [0.25, 0.3) is 21.8 Å². The maximum absolute atomic E-state index is 14.9. The number of pyridine rings is 1. The predicted molar refractivity (Wildman–Crippen MR) is 268 cm³/mol. The second-order valence-corrected chi connectivity index (χ2v) is 22.4. The number of sulfonamides is 1. The minimum absolute atomic E-state index is 0.00244. The minimum atomic E-state index is -4.53. The first-order valence-electron chi connectivity index (χ1n) is 19.0. The van der Waals surface area contributed by atoms with E-state index in [2.05, 4.69) is 50.5 Å². The molecule has 20 heteroatoms. The lowest BCUT2D eigenvalue weighted by Gasteiger charge is -2.24. The third-order valence-corrected chi connectivity index (χ3v) is 15.7. The summed E-state index contributed by atoms with van der Waals surface area (Å²) in [5.41, 5.74) is 2.47. The number of aromatic nitrogens is 1. The number of carbonyl (C=O) groups is 3. The van der Waals surface area contributed by atoms with E-state index in [1.54, 1.807) is 96.4 Å². The Morgan fingerprint density at radius 3 is 1.90 bits per heavy atom. The Morgan fingerprint density at radius 2 is 1.37 bits per heavy atom. The highest BCUT2D eigenvalue weighted by Gasteiger charge is 2.34. The van der Waals surface area contributed by atoms with E-state index in [4.69, 9.17) is 4.74 Å². The Balaban J connectivity index is 1.25. The van der Waals surface area contributed by atoms with Gasteiger partial charge in [-0.2, -0.15) is 4.57 Å². The Bertz CT molecular complexity index is 2890. The number of para-hydroxylation sites is 2. The van der Waals surface area contributed by atoms with E-state index in [0.717, 1.165) is 9.87 Å². The van der Waals surface area contributed by atoms with Crippen LogP contribution < -0.4 is 14.6 Å². The second kappa shape index (κ2) is 20.8. The number of aliphatic carboxylic acids is 1. The number of hydrogen-bond acceptors (Lipinski definition) is 10. The summed E-state index contributed by atoms with van der Waals surface area (Å²) in [5, 5.41) is 23.6. The van der Waals surface area contributed by atoms with E-state index in [1.807, 2.05) is 45.2 Å². The monoisotopic (exact) mass is 1340 g/mol. The molecule has 0 saturated heterocycles. The summed E-state index contributed by atoms with van der Waals surface area (Å²) < 4.78 is 74.5. The summed E-state index contributed by atoms with van der Waals surface area (Å²) in [4.78, 5) is 40.6. The minimum Gasteiger partial charge on any atom is -0.748 e. The number of carboxylic acids is 1. The van der Waals surface area contributed by atoms with Crippen molar-refractivity contribution >= 4 is 150 Å². The van der Waals surface area contributed by atoms with Gasteiger partial charge in [-0.1, -0.05) is 42.0 Å². The number of phenolic OH excluding ortho intramolecular Hbond substituents is 1. The zero-order valence-electron chi connectivity index (χ0n) is 33.1. The molecule has 1 unspecified atom stereocenters. The van der Waals surface area contributed by atoms with Gasteiger partial charge in [0.05, 0.1) is 45.6 Å². The maximum Gasteiger partial charge on any atom is 0.326 e. The fourth-order valence-electron chi connectivity index (χ4n) is 6.91. The first kappa shape index (κ1) is 49.0. The molecule has 63 heavy (non-hydrogen) atoms. The van der Waals surface area contributed by atoms with E-state index in [1.165, 1.54) is 12.1 Å². The van der Waals surface area contributed by atoms with Gasteiger partial charge in [-0.05, 0) is 158 Å². The van der Waals surface area contributed by atoms with Gasteiger partial charge < -0.3 is 24.8 Å². The molecule has 0 aliphatic heterocycles. The summed E-state index contributed by atoms with van der Waals surface area (Å²) >= 11 is 8.19. The highest BCUT2D eigenvalue weighted by atomic mass is 127. The third-order valence-electron chi connectivity index (χ3n) is 9.86. The molecule has 0 fully saturated rings. The van der Waals surface area contributed by atoms with E-state index < -0.39 is 56.3 Å². The van der Waals surface area contributed by atoms with Gasteiger partial charge in [0, 0.05) is 43.7 Å². The third kappa shape index (κ3) is 11.9. The molecule has 6 rings (SSSR count). The number of carbonyl (C=O) groups excluding carboxylic acids is 2. The van der Waals surface area contributed by atoms with Crippen LogP contribution in [0.1, 0.15) is 40.7 Å². The molecule has 1 atom stereocenters. The molecule has 0 bridgehead atoms. The van der Waals surface area contributed by atoms with Crippen LogP contribution in [0, 0.1) is 21.2 Å².